The summed E-state index contributed by atoms with van der Waals surface area (Å²) in [6.45, 7) is 12.0. The van der Waals surface area contributed by atoms with Gasteiger partial charge in [0, 0.05) is 79.3 Å². The SMILES string of the molecule is C1CCOC1.C1CCOC1.C1CCOC1.C1CCOC1.C1CCOC1.C1CCOC1.[Cr+3].[Cr+3].[Li+].[Li+].[Li+].[Li+].[O-]c1ccccc1.[O-]c1ccccc1.[O-]c1ccccc1.[O-]c1ccccc1.[O-]c1ccccc1.[O-]c1ccccc1.[O-]c1ccccc1.[O-]c1ccccc1.[OH-].[OH-]. The molecule has 0 atom stereocenters. The molecule has 14 rings (SSSR count). The van der Waals surface area contributed by atoms with Crippen LogP contribution in [0.2, 0.25) is 0 Å². The van der Waals surface area contributed by atoms with Crippen molar-refractivity contribution in [1.29, 1.82) is 0 Å². The Labute approximate surface area is 630 Å². The molecule has 16 nitrogen and oxygen atoms in total. The summed E-state index contributed by atoms with van der Waals surface area (Å²) in [5.74, 6) is 0.574. The first-order valence-electron chi connectivity index (χ1n) is 29.4. The number of benzene rings is 8. The van der Waals surface area contributed by atoms with Gasteiger partial charge in [0.25, 0.3) is 0 Å². The summed E-state index contributed by atoms with van der Waals surface area (Å²) in [6, 6.07) is 66.6. The number of hydrogen-bond acceptors (Lipinski definition) is 16. The van der Waals surface area contributed by atoms with E-state index in [9.17, 15) is 40.9 Å². The van der Waals surface area contributed by atoms with Gasteiger partial charge in [0.15, 0.2) is 0 Å². The van der Waals surface area contributed by atoms with Crippen molar-refractivity contribution in [2.24, 2.45) is 0 Å². The Morgan fingerprint density at radius 1 is 0.160 bits per heavy atom. The largest absolute Gasteiger partial charge is 3.00 e. The van der Waals surface area contributed by atoms with Gasteiger partial charge in [-0.3, -0.25) is 0 Å². The topological polar surface area (TPSA) is 300 Å². The molecular formula is C72H90Cr2Li4O16. The molecule has 6 aliphatic heterocycles. The summed E-state index contributed by atoms with van der Waals surface area (Å²) >= 11 is 0. The second kappa shape index (κ2) is 84.4. The maximum absolute atomic E-state index is 10.3. The molecule has 6 aliphatic rings. The third-order valence-corrected chi connectivity index (χ3v) is 10.9. The fourth-order valence-electron chi connectivity index (χ4n) is 6.43. The Bertz CT molecular complexity index is 1970. The molecule has 0 aliphatic carbocycles. The smallest absolute Gasteiger partial charge is 0.872 e. The summed E-state index contributed by atoms with van der Waals surface area (Å²) in [4.78, 5) is 0. The van der Waals surface area contributed by atoms with Crippen molar-refractivity contribution < 1.29 is 190 Å². The van der Waals surface area contributed by atoms with E-state index in [2.05, 4.69) is 0 Å². The van der Waals surface area contributed by atoms with Crippen LogP contribution in [0.15, 0.2) is 243 Å². The summed E-state index contributed by atoms with van der Waals surface area (Å²) in [7, 11) is 0. The fourth-order valence-corrected chi connectivity index (χ4v) is 6.43. The van der Waals surface area contributed by atoms with E-state index in [1.807, 2.05) is 48.5 Å². The van der Waals surface area contributed by atoms with Crippen molar-refractivity contribution >= 4 is 0 Å². The molecular weight excluding hydrogens is 1250 g/mol. The standard InChI is InChI=1S/8C6H6O.6C4H8O.2Cr.4Li.2H2O/c8*7-6-4-2-1-3-5-6;6*1-2-4-5-3-1;;;;;;;;/h8*1-5,7H;6*1-4H2;;;;;;;2*1H2/q;;;;;;;;;;;;;;2*+3;4*+1;;/p-10. The molecule has 6 fully saturated rings. The van der Waals surface area contributed by atoms with Crippen molar-refractivity contribution in [2.75, 3.05) is 79.3 Å². The van der Waals surface area contributed by atoms with Crippen LogP contribution in [0.25, 0.3) is 0 Å². The minimum atomic E-state index is 0. The maximum Gasteiger partial charge on any atom is 3.00 e. The zero-order chi connectivity index (χ0) is 62.1. The van der Waals surface area contributed by atoms with E-state index in [0.29, 0.717) is 0 Å². The molecule has 2 N–H and O–H groups in total. The molecule has 94 heavy (non-hydrogen) atoms. The number of hydrogen-bond donors (Lipinski definition) is 0. The number of ether oxygens (including phenoxy) is 6. The predicted octanol–water partition coefficient (Wildman–Crippen LogP) is -1.48. The van der Waals surface area contributed by atoms with Gasteiger partial charge in [-0.25, -0.2) is 0 Å². The molecule has 0 bridgehead atoms. The van der Waals surface area contributed by atoms with Gasteiger partial charge in [0.05, 0.1) is 0 Å². The van der Waals surface area contributed by atoms with Gasteiger partial charge in [-0.2, -0.15) is 0 Å². The van der Waals surface area contributed by atoms with Crippen LogP contribution < -0.4 is 116 Å². The molecule has 6 heterocycles. The first-order chi connectivity index (χ1) is 42.2. The molecule has 0 amide bonds. The van der Waals surface area contributed by atoms with Gasteiger partial charge >= 0.3 is 110 Å². The van der Waals surface area contributed by atoms with E-state index in [-0.39, 0.29) is 167 Å². The maximum atomic E-state index is 10.3. The fraction of sp³-hybridized carbons (Fsp3) is 0.333. The van der Waals surface area contributed by atoms with Crippen molar-refractivity contribution in [3.63, 3.8) is 0 Å². The zero-order valence-electron chi connectivity index (χ0n) is 55.5. The monoisotopic (exact) mass is 1340 g/mol. The van der Waals surface area contributed by atoms with Crippen LogP contribution in [-0.2, 0) is 63.1 Å². The second-order valence-corrected chi connectivity index (χ2v) is 18.4. The van der Waals surface area contributed by atoms with Gasteiger partial charge in [-0.05, 0) is 77.0 Å². The molecule has 0 unspecified atom stereocenters. The molecule has 0 saturated carbocycles. The third kappa shape index (κ3) is 81.5. The third-order valence-electron chi connectivity index (χ3n) is 10.9. The van der Waals surface area contributed by atoms with Crippen molar-refractivity contribution in [2.45, 2.75) is 77.0 Å². The van der Waals surface area contributed by atoms with E-state index < -0.39 is 0 Å². The number of para-hydroxylation sites is 8. The molecule has 8 aromatic rings. The zero-order valence-corrected chi connectivity index (χ0v) is 58.0. The van der Waals surface area contributed by atoms with Gasteiger partial charge < -0.3 is 80.2 Å². The normalized spacial score (nSPS) is 12.8. The Morgan fingerprint density at radius 3 is 0.266 bits per heavy atom. The Balaban J connectivity index is -0.000000141. The first-order valence-corrected chi connectivity index (χ1v) is 29.4. The molecule has 0 aromatic heterocycles. The van der Waals surface area contributed by atoms with E-state index >= 15 is 0 Å². The predicted molar refractivity (Wildman–Crippen MR) is 331 cm³/mol. The van der Waals surface area contributed by atoms with Crippen LogP contribution in [0.4, 0.5) is 0 Å². The van der Waals surface area contributed by atoms with Crippen molar-refractivity contribution in [1.82, 2.24) is 0 Å². The summed E-state index contributed by atoms with van der Waals surface area (Å²) in [6.07, 6.45) is 15.3. The van der Waals surface area contributed by atoms with E-state index in [0.717, 1.165) is 79.3 Å². The van der Waals surface area contributed by atoms with E-state index in [1.165, 1.54) is 174 Å². The molecule has 22 heteroatoms. The summed E-state index contributed by atoms with van der Waals surface area (Å²) in [5.41, 5.74) is 0. The van der Waals surface area contributed by atoms with Crippen LogP contribution >= 0.6 is 0 Å². The quantitative estimate of drug-likeness (QED) is 0.156. The van der Waals surface area contributed by atoms with Crippen molar-refractivity contribution in [3.8, 4) is 46.0 Å². The van der Waals surface area contributed by atoms with Crippen LogP contribution in [0.3, 0.4) is 0 Å². The molecule has 8 aromatic carbocycles. The van der Waals surface area contributed by atoms with Crippen molar-refractivity contribution in [3.05, 3.63) is 243 Å². The average Bonchev–Trinajstić information content (AvgIpc) is 4.55. The minimum absolute atomic E-state index is 0. The van der Waals surface area contributed by atoms with E-state index in [4.69, 9.17) is 28.4 Å². The summed E-state index contributed by atoms with van der Waals surface area (Å²) in [5, 5.41) is 82.2. The van der Waals surface area contributed by atoms with E-state index in [1.54, 1.807) is 97.1 Å². The van der Waals surface area contributed by atoms with Crippen LogP contribution in [-0.4, -0.2) is 90.2 Å². The van der Waals surface area contributed by atoms with Crippen LogP contribution in [0.1, 0.15) is 77.0 Å². The van der Waals surface area contributed by atoms with Crippen LogP contribution in [0.5, 0.6) is 46.0 Å². The first kappa shape index (κ1) is 105. The Morgan fingerprint density at radius 2 is 0.234 bits per heavy atom. The van der Waals surface area contributed by atoms with Gasteiger partial charge in [0.1, 0.15) is 0 Å². The van der Waals surface area contributed by atoms with Gasteiger partial charge in [-0.1, -0.05) is 243 Å². The van der Waals surface area contributed by atoms with Gasteiger partial charge in [0.2, 0.25) is 0 Å². The average molecular weight is 1340 g/mol. The van der Waals surface area contributed by atoms with Crippen LogP contribution in [0, 0.1) is 0 Å². The second-order valence-electron chi connectivity index (χ2n) is 18.4. The summed E-state index contributed by atoms with van der Waals surface area (Å²) < 4.78 is 29.7. The van der Waals surface area contributed by atoms with Gasteiger partial charge in [-0.15, -0.1) is 46.0 Å². The Kier molecular flexibility index (Phi) is 94.6. The molecule has 6 saturated heterocycles. The molecule has 490 valence electrons. The molecule has 0 spiro atoms. The number of rotatable bonds is 0. The minimum Gasteiger partial charge on any atom is -0.872 e. The molecule has 2 radical (unpaired) electrons. The Hall–Kier alpha value is -4.71.